The Bertz CT molecular complexity index is 458. The molecule has 130 valence electrons. The molecule has 1 heterocycles. The molecule has 0 unspecified atom stereocenters. The highest BCUT2D eigenvalue weighted by molar-refractivity contribution is 14.0. The molecule has 6 heteroatoms. The average molecular weight is 432 g/mol. The monoisotopic (exact) mass is 432 g/mol. The zero-order valence-corrected chi connectivity index (χ0v) is 16.5. The van der Waals surface area contributed by atoms with Crippen LogP contribution < -0.4 is 15.4 Å². The Morgan fingerprint density at radius 2 is 2.09 bits per heavy atom. The topological polar surface area (TPSA) is 58.5 Å². The summed E-state index contributed by atoms with van der Waals surface area (Å²) in [7, 11) is 0. The molecule has 23 heavy (non-hydrogen) atoms. The Labute approximate surface area is 156 Å². The summed E-state index contributed by atoms with van der Waals surface area (Å²) in [6.45, 7) is 6.39. The fourth-order valence-corrected chi connectivity index (χ4v) is 2.55. The van der Waals surface area contributed by atoms with E-state index < -0.39 is 0 Å². The van der Waals surface area contributed by atoms with Crippen molar-refractivity contribution in [3.8, 4) is 5.88 Å². The van der Waals surface area contributed by atoms with Gasteiger partial charge in [0.05, 0.1) is 13.2 Å². The zero-order valence-electron chi connectivity index (χ0n) is 14.2. The van der Waals surface area contributed by atoms with Gasteiger partial charge in [0.15, 0.2) is 5.96 Å². The van der Waals surface area contributed by atoms with Crippen LogP contribution in [0, 0.1) is 0 Å². The van der Waals surface area contributed by atoms with Crippen LogP contribution in [0.3, 0.4) is 0 Å². The summed E-state index contributed by atoms with van der Waals surface area (Å²) in [6, 6.07) is 4.51. The van der Waals surface area contributed by atoms with Crippen molar-refractivity contribution in [1.29, 1.82) is 0 Å². The minimum absolute atomic E-state index is 0. The maximum absolute atomic E-state index is 5.49. The molecule has 0 spiro atoms. The Morgan fingerprint density at radius 3 is 2.70 bits per heavy atom. The van der Waals surface area contributed by atoms with Crippen molar-refractivity contribution in [2.45, 2.75) is 58.5 Å². The molecule has 1 fully saturated rings. The van der Waals surface area contributed by atoms with E-state index in [0.717, 1.165) is 24.5 Å². The summed E-state index contributed by atoms with van der Waals surface area (Å²) < 4.78 is 5.49. The van der Waals surface area contributed by atoms with Gasteiger partial charge in [-0.05, 0) is 31.7 Å². The maximum atomic E-state index is 5.49. The van der Waals surface area contributed by atoms with E-state index in [9.17, 15) is 0 Å². The van der Waals surface area contributed by atoms with Crippen LogP contribution in [-0.4, -0.2) is 30.1 Å². The van der Waals surface area contributed by atoms with E-state index in [1.165, 1.54) is 25.7 Å². The number of nitrogens with one attached hydrogen (secondary N) is 2. The third kappa shape index (κ3) is 7.37. The summed E-state index contributed by atoms with van der Waals surface area (Å²) in [6.07, 6.45) is 7.96. The lowest BCUT2D eigenvalue weighted by molar-refractivity contribution is 0.305. The van der Waals surface area contributed by atoms with Crippen LogP contribution in [0.4, 0.5) is 0 Å². The molecule has 5 nitrogen and oxygen atoms in total. The molecule has 0 bridgehead atoms. The molecular formula is C17H29IN4O. The van der Waals surface area contributed by atoms with Crippen LogP contribution in [0.1, 0.15) is 51.5 Å². The van der Waals surface area contributed by atoms with Crippen LogP contribution in [0.5, 0.6) is 5.88 Å². The summed E-state index contributed by atoms with van der Waals surface area (Å²) >= 11 is 0. The first-order valence-electron chi connectivity index (χ1n) is 8.44. The van der Waals surface area contributed by atoms with Crippen molar-refractivity contribution >= 4 is 29.9 Å². The summed E-state index contributed by atoms with van der Waals surface area (Å²) in [5.41, 5.74) is 1.09. The Hall–Kier alpha value is -1.05. The predicted molar refractivity (Wildman–Crippen MR) is 106 cm³/mol. The SMILES string of the molecule is CCCOc1ccc(CN=C(NCC)NC2CCCC2)cn1.I. The number of halogens is 1. The van der Waals surface area contributed by atoms with Crippen molar-refractivity contribution in [3.05, 3.63) is 23.9 Å². The highest BCUT2D eigenvalue weighted by Crippen LogP contribution is 2.17. The Kier molecular flexibility index (Phi) is 9.98. The van der Waals surface area contributed by atoms with Crippen LogP contribution in [0.15, 0.2) is 23.3 Å². The lowest BCUT2D eigenvalue weighted by Crippen LogP contribution is -2.42. The summed E-state index contributed by atoms with van der Waals surface area (Å²) in [5.74, 6) is 1.59. The van der Waals surface area contributed by atoms with E-state index in [0.29, 0.717) is 25.1 Å². The molecule has 0 saturated heterocycles. The van der Waals surface area contributed by atoms with Crippen molar-refractivity contribution in [2.75, 3.05) is 13.2 Å². The molecule has 2 rings (SSSR count). The van der Waals surface area contributed by atoms with Gasteiger partial charge in [-0.15, -0.1) is 24.0 Å². The zero-order chi connectivity index (χ0) is 15.6. The van der Waals surface area contributed by atoms with E-state index in [-0.39, 0.29) is 24.0 Å². The predicted octanol–water partition coefficient (Wildman–Crippen LogP) is 3.49. The molecular weight excluding hydrogens is 403 g/mol. The van der Waals surface area contributed by atoms with Crippen LogP contribution in [-0.2, 0) is 6.54 Å². The first-order valence-corrected chi connectivity index (χ1v) is 8.44. The number of pyridine rings is 1. The first-order chi connectivity index (χ1) is 10.8. The number of hydrogen-bond acceptors (Lipinski definition) is 3. The fourth-order valence-electron chi connectivity index (χ4n) is 2.55. The third-order valence-corrected chi connectivity index (χ3v) is 3.71. The molecule has 0 amide bonds. The van der Waals surface area contributed by atoms with Crippen LogP contribution >= 0.6 is 24.0 Å². The van der Waals surface area contributed by atoms with E-state index >= 15 is 0 Å². The number of rotatable bonds is 7. The highest BCUT2D eigenvalue weighted by atomic mass is 127. The Morgan fingerprint density at radius 1 is 1.30 bits per heavy atom. The molecule has 1 saturated carbocycles. The number of hydrogen-bond donors (Lipinski definition) is 2. The molecule has 0 aliphatic heterocycles. The van der Waals surface area contributed by atoms with Gasteiger partial charge in [-0.1, -0.05) is 25.8 Å². The second kappa shape index (κ2) is 11.5. The van der Waals surface area contributed by atoms with Gasteiger partial charge < -0.3 is 15.4 Å². The van der Waals surface area contributed by atoms with Gasteiger partial charge in [0.1, 0.15) is 0 Å². The fraction of sp³-hybridized carbons (Fsp3) is 0.647. The van der Waals surface area contributed by atoms with Gasteiger partial charge in [0.2, 0.25) is 5.88 Å². The van der Waals surface area contributed by atoms with Gasteiger partial charge in [0.25, 0.3) is 0 Å². The van der Waals surface area contributed by atoms with Gasteiger partial charge in [-0.25, -0.2) is 9.98 Å². The van der Waals surface area contributed by atoms with Crippen molar-refractivity contribution in [2.24, 2.45) is 4.99 Å². The maximum Gasteiger partial charge on any atom is 0.213 e. The quantitative estimate of drug-likeness (QED) is 0.394. The molecule has 1 aliphatic rings. The van der Waals surface area contributed by atoms with Gasteiger partial charge in [-0.3, -0.25) is 0 Å². The third-order valence-electron chi connectivity index (χ3n) is 3.71. The van der Waals surface area contributed by atoms with Crippen LogP contribution in [0.2, 0.25) is 0 Å². The molecule has 0 aromatic carbocycles. The van der Waals surface area contributed by atoms with E-state index in [1.807, 2.05) is 18.3 Å². The Balaban J connectivity index is 0.00000264. The van der Waals surface area contributed by atoms with Gasteiger partial charge in [-0.2, -0.15) is 0 Å². The average Bonchev–Trinajstić information content (AvgIpc) is 3.05. The van der Waals surface area contributed by atoms with Crippen molar-refractivity contribution < 1.29 is 4.74 Å². The van der Waals surface area contributed by atoms with Crippen LogP contribution in [0.25, 0.3) is 0 Å². The van der Waals surface area contributed by atoms with Crippen molar-refractivity contribution in [1.82, 2.24) is 15.6 Å². The van der Waals surface area contributed by atoms with E-state index in [2.05, 4.69) is 34.5 Å². The van der Waals surface area contributed by atoms with Crippen molar-refractivity contribution in [3.63, 3.8) is 0 Å². The number of aromatic nitrogens is 1. The molecule has 2 N–H and O–H groups in total. The lowest BCUT2D eigenvalue weighted by Gasteiger charge is -2.16. The lowest BCUT2D eigenvalue weighted by atomic mass is 10.2. The summed E-state index contributed by atoms with van der Waals surface area (Å²) in [4.78, 5) is 8.96. The molecule has 1 aromatic rings. The minimum Gasteiger partial charge on any atom is -0.478 e. The van der Waals surface area contributed by atoms with E-state index in [1.54, 1.807) is 0 Å². The second-order valence-electron chi connectivity index (χ2n) is 5.67. The molecule has 0 radical (unpaired) electrons. The second-order valence-corrected chi connectivity index (χ2v) is 5.67. The smallest absolute Gasteiger partial charge is 0.213 e. The molecule has 1 aliphatic carbocycles. The standard InChI is InChI=1S/C17H28N4O.HI/c1-3-11-22-16-10-9-14(12-19-16)13-20-17(18-4-2)21-15-7-5-6-8-15;/h9-10,12,15H,3-8,11,13H2,1-2H3,(H2,18,20,21);1H. The first kappa shape index (κ1) is 20.0. The molecule has 0 atom stereocenters. The minimum atomic E-state index is 0. The number of ether oxygens (including phenoxy) is 1. The normalized spacial score (nSPS) is 15.1. The number of guanidine groups is 1. The summed E-state index contributed by atoms with van der Waals surface area (Å²) in [5, 5.41) is 6.83. The highest BCUT2D eigenvalue weighted by Gasteiger charge is 2.15. The largest absolute Gasteiger partial charge is 0.478 e. The number of nitrogens with zero attached hydrogens (tertiary/aromatic N) is 2. The van der Waals surface area contributed by atoms with E-state index in [4.69, 9.17) is 4.74 Å². The van der Waals surface area contributed by atoms with Gasteiger partial charge >= 0.3 is 0 Å². The molecule has 1 aromatic heterocycles. The number of aliphatic imine (C=N–C) groups is 1. The van der Waals surface area contributed by atoms with Gasteiger partial charge in [0, 0.05) is 24.8 Å².